The second-order valence-corrected chi connectivity index (χ2v) is 8.86. The predicted octanol–water partition coefficient (Wildman–Crippen LogP) is 4.29. The SMILES string of the molecule is COc1ccc(NC(=O)CN(c2cccc(Br)c2)S(=O)(=O)c2ccccc2)cc1. The number of hydrogen-bond acceptors (Lipinski definition) is 4. The van der Waals surface area contributed by atoms with Crippen LogP contribution in [0, 0.1) is 0 Å². The van der Waals surface area contributed by atoms with Gasteiger partial charge in [0, 0.05) is 10.2 Å². The Morgan fingerprint density at radius 1 is 1.00 bits per heavy atom. The van der Waals surface area contributed by atoms with Crippen LogP contribution in [0.2, 0.25) is 0 Å². The van der Waals surface area contributed by atoms with E-state index in [0.717, 1.165) is 4.31 Å². The molecule has 0 radical (unpaired) electrons. The smallest absolute Gasteiger partial charge is 0.264 e. The Morgan fingerprint density at radius 2 is 1.69 bits per heavy atom. The minimum atomic E-state index is -3.94. The monoisotopic (exact) mass is 474 g/mol. The molecule has 0 spiro atoms. The first kappa shape index (κ1) is 20.9. The normalized spacial score (nSPS) is 11.0. The van der Waals surface area contributed by atoms with Crippen LogP contribution in [0.25, 0.3) is 0 Å². The molecule has 8 heteroatoms. The molecule has 0 saturated carbocycles. The molecule has 0 heterocycles. The summed E-state index contributed by atoms with van der Waals surface area (Å²) in [6, 6.07) is 21.6. The lowest BCUT2D eigenvalue weighted by Crippen LogP contribution is -2.38. The fourth-order valence-electron chi connectivity index (χ4n) is 2.67. The number of carbonyl (C=O) groups is 1. The number of nitrogens with one attached hydrogen (secondary N) is 1. The summed E-state index contributed by atoms with van der Waals surface area (Å²) in [5.74, 6) is 0.195. The van der Waals surface area contributed by atoms with E-state index in [1.165, 1.54) is 12.1 Å². The molecule has 0 fully saturated rings. The average molecular weight is 475 g/mol. The molecule has 3 rings (SSSR count). The van der Waals surface area contributed by atoms with Crippen molar-refractivity contribution >= 4 is 43.2 Å². The Bertz CT molecular complexity index is 1090. The summed E-state index contributed by atoms with van der Waals surface area (Å²) in [6.45, 7) is -0.375. The van der Waals surface area contributed by atoms with E-state index >= 15 is 0 Å². The molecular formula is C21H19BrN2O4S. The van der Waals surface area contributed by atoms with Gasteiger partial charge in [-0.2, -0.15) is 0 Å². The quantitative estimate of drug-likeness (QED) is 0.553. The van der Waals surface area contributed by atoms with Crippen molar-refractivity contribution in [2.75, 3.05) is 23.3 Å². The molecule has 0 aliphatic heterocycles. The zero-order valence-corrected chi connectivity index (χ0v) is 18.0. The third-order valence-electron chi connectivity index (χ3n) is 4.09. The van der Waals surface area contributed by atoms with E-state index in [2.05, 4.69) is 21.2 Å². The second-order valence-electron chi connectivity index (χ2n) is 6.08. The third kappa shape index (κ3) is 5.16. The number of rotatable bonds is 7. The first-order valence-electron chi connectivity index (χ1n) is 8.67. The molecule has 0 saturated heterocycles. The lowest BCUT2D eigenvalue weighted by Gasteiger charge is -2.24. The van der Waals surface area contributed by atoms with E-state index in [-0.39, 0.29) is 11.4 Å². The Kier molecular flexibility index (Phi) is 6.56. The summed E-state index contributed by atoms with van der Waals surface area (Å²) in [5.41, 5.74) is 0.926. The van der Waals surface area contributed by atoms with Crippen LogP contribution in [0.15, 0.2) is 88.2 Å². The van der Waals surface area contributed by atoms with Gasteiger partial charge in [-0.3, -0.25) is 9.10 Å². The van der Waals surface area contributed by atoms with Gasteiger partial charge in [0.1, 0.15) is 12.3 Å². The molecule has 0 unspecified atom stereocenters. The van der Waals surface area contributed by atoms with Gasteiger partial charge in [0.25, 0.3) is 10.0 Å². The predicted molar refractivity (Wildman–Crippen MR) is 117 cm³/mol. The summed E-state index contributed by atoms with van der Waals surface area (Å²) in [4.78, 5) is 12.8. The van der Waals surface area contributed by atoms with Crippen LogP contribution in [-0.2, 0) is 14.8 Å². The first-order valence-corrected chi connectivity index (χ1v) is 10.9. The Hall–Kier alpha value is -2.84. The van der Waals surface area contributed by atoms with Crippen LogP contribution in [0.1, 0.15) is 0 Å². The Morgan fingerprint density at radius 3 is 2.31 bits per heavy atom. The fraction of sp³-hybridized carbons (Fsp3) is 0.0952. The minimum Gasteiger partial charge on any atom is -0.497 e. The second kappa shape index (κ2) is 9.11. The van der Waals surface area contributed by atoms with E-state index in [4.69, 9.17) is 4.74 Å². The first-order chi connectivity index (χ1) is 13.9. The zero-order chi connectivity index (χ0) is 20.9. The number of anilines is 2. The molecule has 3 aromatic rings. The van der Waals surface area contributed by atoms with Gasteiger partial charge in [0.15, 0.2) is 0 Å². The largest absolute Gasteiger partial charge is 0.497 e. The highest BCUT2D eigenvalue weighted by Gasteiger charge is 2.27. The van der Waals surface area contributed by atoms with Crippen LogP contribution < -0.4 is 14.4 Å². The molecule has 3 aromatic carbocycles. The van der Waals surface area contributed by atoms with Crippen molar-refractivity contribution in [1.29, 1.82) is 0 Å². The van der Waals surface area contributed by atoms with Crippen LogP contribution in [-0.4, -0.2) is 28.0 Å². The highest BCUT2D eigenvalue weighted by atomic mass is 79.9. The van der Waals surface area contributed by atoms with Gasteiger partial charge in [-0.1, -0.05) is 40.2 Å². The number of methoxy groups -OCH3 is 1. The lowest BCUT2D eigenvalue weighted by molar-refractivity contribution is -0.114. The number of amides is 1. The molecule has 0 aliphatic rings. The molecule has 150 valence electrons. The van der Waals surface area contributed by atoms with E-state index in [9.17, 15) is 13.2 Å². The maximum Gasteiger partial charge on any atom is 0.264 e. The van der Waals surface area contributed by atoms with Crippen molar-refractivity contribution < 1.29 is 17.9 Å². The molecule has 1 amide bonds. The maximum absolute atomic E-state index is 13.2. The van der Waals surface area contributed by atoms with Crippen molar-refractivity contribution in [3.8, 4) is 5.75 Å². The van der Waals surface area contributed by atoms with Gasteiger partial charge in [0.05, 0.1) is 17.7 Å². The van der Waals surface area contributed by atoms with Crippen LogP contribution in [0.3, 0.4) is 0 Å². The topological polar surface area (TPSA) is 75.7 Å². The van der Waals surface area contributed by atoms with Gasteiger partial charge >= 0.3 is 0 Å². The van der Waals surface area contributed by atoms with Crippen molar-refractivity contribution in [1.82, 2.24) is 0 Å². The number of sulfonamides is 1. The van der Waals surface area contributed by atoms with Crippen LogP contribution >= 0.6 is 15.9 Å². The van der Waals surface area contributed by atoms with E-state index in [0.29, 0.717) is 21.6 Å². The highest BCUT2D eigenvalue weighted by molar-refractivity contribution is 9.10. The number of carbonyl (C=O) groups excluding carboxylic acids is 1. The number of benzene rings is 3. The number of hydrogen-bond donors (Lipinski definition) is 1. The van der Waals surface area contributed by atoms with Gasteiger partial charge in [-0.05, 0) is 54.6 Å². The van der Waals surface area contributed by atoms with Crippen molar-refractivity contribution in [3.63, 3.8) is 0 Å². The molecule has 6 nitrogen and oxygen atoms in total. The van der Waals surface area contributed by atoms with Crippen molar-refractivity contribution in [3.05, 3.63) is 83.3 Å². The molecule has 0 aromatic heterocycles. The Labute approximate surface area is 178 Å². The molecule has 1 N–H and O–H groups in total. The number of halogens is 1. The minimum absolute atomic E-state index is 0.109. The fourth-order valence-corrected chi connectivity index (χ4v) is 4.49. The third-order valence-corrected chi connectivity index (χ3v) is 6.37. The van der Waals surface area contributed by atoms with Gasteiger partial charge in [-0.25, -0.2) is 8.42 Å². The molecule has 0 atom stereocenters. The van der Waals surface area contributed by atoms with Gasteiger partial charge in [-0.15, -0.1) is 0 Å². The van der Waals surface area contributed by atoms with Crippen LogP contribution in [0.5, 0.6) is 5.75 Å². The summed E-state index contributed by atoms with van der Waals surface area (Å²) < 4.78 is 33.4. The summed E-state index contributed by atoms with van der Waals surface area (Å²) >= 11 is 3.35. The van der Waals surface area contributed by atoms with E-state index < -0.39 is 15.9 Å². The highest BCUT2D eigenvalue weighted by Crippen LogP contribution is 2.26. The van der Waals surface area contributed by atoms with E-state index in [1.54, 1.807) is 73.8 Å². The molecule has 0 aliphatic carbocycles. The van der Waals surface area contributed by atoms with Crippen molar-refractivity contribution in [2.24, 2.45) is 0 Å². The lowest BCUT2D eigenvalue weighted by atomic mass is 10.3. The molecule has 29 heavy (non-hydrogen) atoms. The summed E-state index contributed by atoms with van der Waals surface area (Å²) in [5, 5.41) is 2.72. The number of ether oxygens (including phenoxy) is 1. The summed E-state index contributed by atoms with van der Waals surface area (Å²) in [7, 11) is -2.38. The molecule has 0 bridgehead atoms. The molecular weight excluding hydrogens is 456 g/mol. The average Bonchev–Trinajstić information content (AvgIpc) is 2.73. The maximum atomic E-state index is 13.2. The van der Waals surface area contributed by atoms with Crippen molar-refractivity contribution in [2.45, 2.75) is 4.90 Å². The standard InChI is InChI=1S/C21H19BrN2O4S/c1-28-19-12-10-17(11-13-19)23-21(25)15-24(18-7-5-6-16(22)14-18)29(26,27)20-8-3-2-4-9-20/h2-14H,15H2,1H3,(H,23,25). The van der Waals surface area contributed by atoms with E-state index in [1.807, 2.05) is 0 Å². The Balaban J connectivity index is 1.90. The van der Waals surface area contributed by atoms with Gasteiger partial charge in [0.2, 0.25) is 5.91 Å². The number of nitrogens with zero attached hydrogens (tertiary/aromatic N) is 1. The van der Waals surface area contributed by atoms with Crippen LogP contribution in [0.4, 0.5) is 11.4 Å². The zero-order valence-electron chi connectivity index (χ0n) is 15.6. The summed E-state index contributed by atoms with van der Waals surface area (Å²) in [6.07, 6.45) is 0. The van der Waals surface area contributed by atoms with Gasteiger partial charge < -0.3 is 10.1 Å².